The number of rotatable bonds is 8. The van der Waals surface area contributed by atoms with E-state index < -0.39 is 21.7 Å². The first kappa shape index (κ1) is 26.0. The van der Waals surface area contributed by atoms with Crippen molar-refractivity contribution in [1.29, 1.82) is 0 Å². The van der Waals surface area contributed by atoms with E-state index in [1.165, 1.54) is 22.5 Å². The minimum atomic E-state index is -3.74. The Morgan fingerprint density at radius 3 is 2.71 bits per heavy atom. The van der Waals surface area contributed by atoms with Gasteiger partial charge in [-0.2, -0.15) is 4.31 Å². The predicted molar refractivity (Wildman–Crippen MR) is 139 cm³/mol. The van der Waals surface area contributed by atoms with Gasteiger partial charge in [0.25, 0.3) is 5.91 Å². The number of nitrogens with zero attached hydrogens (tertiary/aromatic N) is 3. The number of amidine groups is 1. The van der Waals surface area contributed by atoms with Crippen molar-refractivity contribution < 1.29 is 32.9 Å². The summed E-state index contributed by atoms with van der Waals surface area (Å²) >= 11 is 0. The van der Waals surface area contributed by atoms with E-state index in [1.54, 1.807) is 24.4 Å². The van der Waals surface area contributed by atoms with Crippen LogP contribution in [0, 0.1) is 0 Å². The predicted octanol–water partition coefficient (Wildman–Crippen LogP) is 1.97. The number of fused-ring (bicyclic) bond motifs is 1. The summed E-state index contributed by atoms with van der Waals surface area (Å²) in [6.45, 7) is 0.166. The van der Waals surface area contributed by atoms with Gasteiger partial charge in [0.1, 0.15) is 11.4 Å². The number of aliphatic hydroxyl groups is 2. The third kappa shape index (κ3) is 5.07. The Hall–Kier alpha value is -3.58. The van der Waals surface area contributed by atoms with Crippen molar-refractivity contribution in [3.05, 3.63) is 71.3 Å². The molecule has 2 aliphatic rings. The van der Waals surface area contributed by atoms with E-state index in [0.717, 1.165) is 16.3 Å². The molecule has 5 rings (SSSR count). The molecular formula is C26H27FN4O6S. The third-order valence-electron chi connectivity index (χ3n) is 6.93. The number of piperidine rings is 1. The average Bonchev–Trinajstić information content (AvgIpc) is 3.47. The molecule has 1 spiro atoms. The van der Waals surface area contributed by atoms with Crippen LogP contribution in [-0.2, 0) is 21.4 Å². The number of aliphatic hydroxyl groups excluding tert-OH is 2. The molecule has 0 saturated carbocycles. The van der Waals surface area contributed by atoms with Gasteiger partial charge in [-0.15, -0.1) is 0 Å². The Morgan fingerprint density at radius 1 is 1.18 bits per heavy atom. The summed E-state index contributed by atoms with van der Waals surface area (Å²) in [7, 11) is -3.74. The average molecular weight is 543 g/mol. The van der Waals surface area contributed by atoms with Crippen LogP contribution in [0.3, 0.4) is 0 Å². The number of nitrogens with one attached hydrogen (secondary N) is 1. The zero-order valence-electron chi connectivity index (χ0n) is 20.3. The fraction of sp³-hybridized carbons (Fsp3) is 0.308. The standard InChI is InChI=1S/C26H27FN4O6S/c27-37-22-3-1-2-20(15-22)24-28-25(34)26(29-24)8-11-31(12-9-26)38(35,36)13-7-18-4-5-23-19(14-18)6-10-30(23)16-21(33)17-32/h1-7,10,13-15,21,32-33H,8-9,11-12,16-17H2,(H,28,29,34)/b13-7+/t21-/m0/s1. The van der Waals surface area contributed by atoms with Gasteiger partial charge in [-0.1, -0.05) is 18.2 Å². The Labute approximate surface area is 218 Å². The van der Waals surface area contributed by atoms with Crippen LogP contribution in [0.1, 0.15) is 24.0 Å². The highest BCUT2D eigenvalue weighted by atomic mass is 32.2. The van der Waals surface area contributed by atoms with Crippen molar-refractivity contribution in [3.63, 3.8) is 0 Å². The number of sulfonamides is 1. The molecule has 1 fully saturated rings. The van der Waals surface area contributed by atoms with Gasteiger partial charge in [-0.25, -0.2) is 8.42 Å². The summed E-state index contributed by atoms with van der Waals surface area (Å²) in [6, 6.07) is 13.4. The number of halogens is 1. The first-order valence-corrected chi connectivity index (χ1v) is 13.6. The maximum absolute atomic E-state index is 13.0. The van der Waals surface area contributed by atoms with Crippen LogP contribution < -0.4 is 10.3 Å². The zero-order chi connectivity index (χ0) is 26.9. The van der Waals surface area contributed by atoms with Gasteiger partial charge >= 0.3 is 0 Å². The molecule has 0 radical (unpaired) electrons. The van der Waals surface area contributed by atoms with Crippen LogP contribution in [0.2, 0.25) is 0 Å². The molecule has 3 aromatic rings. The molecule has 3 N–H and O–H groups in total. The Morgan fingerprint density at radius 2 is 1.97 bits per heavy atom. The summed E-state index contributed by atoms with van der Waals surface area (Å²) in [6.07, 6.45) is 2.89. The van der Waals surface area contributed by atoms with Gasteiger partial charge in [0.15, 0.2) is 5.75 Å². The van der Waals surface area contributed by atoms with Crippen LogP contribution in [-0.4, -0.2) is 70.6 Å². The lowest BCUT2D eigenvalue weighted by atomic mass is 9.89. The van der Waals surface area contributed by atoms with Crippen LogP contribution in [0.4, 0.5) is 4.53 Å². The molecule has 200 valence electrons. The van der Waals surface area contributed by atoms with Crippen molar-refractivity contribution in [3.8, 4) is 5.75 Å². The molecular weight excluding hydrogens is 515 g/mol. The molecule has 38 heavy (non-hydrogen) atoms. The molecule has 2 aromatic carbocycles. The van der Waals surface area contributed by atoms with Crippen LogP contribution >= 0.6 is 0 Å². The number of carbonyl (C=O) groups excluding carboxylic acids is 1. The van der Waals surface area contributed by atoms with Gasteiger partial charge < -0.3 is 20.1 Å². The summed E-state index contributed by atoms with van der Waals surface area (Å²) < 4.78 is 41.7. The second kappa shape index (κ2) is 10.3. The van der Waals surface area contributed by atoms with Crippen molar-refractivity contribution in [2.75, 3.05) is 19.7 Å². The summed E-state index contributed by atoms with van der Waals surface area (Å²) in [5.41, 5.74) is 0.983. The molecule has 3 heterocycles. The van der Waals surface area contributed by atoms with E-state index in [9.17, 15) is 22.8 Å². The topological polar surface area (TPSA) is 133 Å². The minimum absolute atomic E-state index is 0.00897. The first-order valence-electron chi connectivity index (χ1n) is 12.1. The number of carbonyl (C=O) groups is 1. The highest BCUT2D eigenvalue weighted by Gasteiger charge is 2.47. The fourth-order valence-electron chi connectivity index (χ4n) is 4.81. The monoisotopic (exact) mass is 542 g/mol. The van der Waals surface area contributed by atoms with E-state index in [4.69, 9.17) is 5.11 Å². The molecule has 10 nitrogen and oxygen atoms in total. The number of benzene rings is 2. The van der Waals surface area contributed by atoms with Crippen molar-refractivity contribution in [1.82, 2.24) is 14.2 Å². The smallest absolute Gasteiger partial charge is 0.253 e. The maximum atomic E-state index is 13.0. The van der Waals surface area contributed by atoms with E-state index in [1.807, 2.05) is 22.8 Å². The zero-order valence-corrected chi connectivity index (χ0v) is 21.1. The summed E-state index contributed by atoms with van der Waals surface area (Å²) in [5.74, 6) is -0.0103. The molecule has 12 heteroatoms. The van der Waals surface area contributed by atoms with E-state index in [0.29, 0.717) is 17.0 Å². The van der Waals surface area contributed by atoms with Gasteiger partial charge in [0.2, 0.25) is 10.0 Å². The molecule has 0 unspecified atom stereocenters. The van der Waals surface area contributed by atoms with Gasteiger partial charge in [-0.3, -0.25) is 14.7 Å². The minimum Gasteiger partial charge on any atom is -0.394 e. The quantitative estimate of drug-likeness (QED) is 0.399. The third-order valence-corrected chi connectivity index (χ3v) is 8.50. The Bertz CT molecular complexity index is 1530. The Kier molecular flexibility index (Phi) is 7.05. The van der Waals surface area contributed by atoms with Gasteiger partial charge in [0, 0.05) is 45.7 Å². The normalized spacial score (nSPS) is 18.7. The molecule has 1 amide bonds. The lowest BCUT2D eigenvalue weighted by Gasteiger charge is -2.34. The number of hydrogen-bond acceptors (Lipinski definition) is 7. The number of aromatic nitrogens is 1. The van der Waals surface area contributed by atoms with Gasteiger partial charge in [0.05, 0.1) is 19.3 Å². The lowest BCUT2D eigenvalue weighted by molar-refractivity contribution is -0.124. The fourth-order valence-corrected chi connectivity index (χ4v) is 6.00. The highest BCUT2D eigenvalue weighted by Crippen LogP contribution is 2.33. The largest absolute Gasteiger partial charge is 0.394 e. The Balaban J connectivity index is 1.27. The molecule has 0 bridgehead atoms. The summed E-state index contributed by atoms with van der Waals surface area (Å²) in [5, 5.41) is 23.6. The molecule has 1 aromatic heterocycles. The van der Waals surface area contributed by atoms with Crippen LogP contribution in [0.15, 0.2) is 65.1 Å². The van der Waals surface area contributed by atoms with Crippen molar-refractivity contribution in [2.24, 2.45) is 4.99 Å². The van der Waals surface area contributed by atoms with Crippen LogP contribution in [0.25, 0.3) is 17.0 Å². The number of amides is 1. The second-order valence-corrected chi connectivity index (χ2v) is 11.2. The molecule has 1 atom stereocenters. The summed E-state index contributed by atoms with van der Waals surface area (Å²) in [4.78, 5) is 21.1. The van der Waals surface area contributed by atoms with Crippen LogP contribution in [0.5, 0.6) is 5.75 Å². The highest BCUT2D eigenvalue weighted by molar-refractivity contribution is 7.92. The number of hydrogen-bond donors (Lipinski definition) is 3. The lowest BCUT2D eigenvalue weighted by Crippen LogP contribution is -2.50. The molecule has 2 aliphatic heterocycles. The molecule has 1 saturated heterocycles. The van der Waals surface area contributed by atoms with E-state index in [2.05, 4.69) is 15.3 Å². The first-order chi connectivity index (χ1) is 18.2. The number of aliphatic imine (C=N–C) groups is 1. The van der Waals surface area contributed by atoms with E-state index in [-0.39, 0.29) is 50.7 Å². The SMILES string of the molecule is O=C1NC(c2cccc(OF)c2)=NC12CCN(S(=O)(=O)/C=C/c1ccc3c(ccn3C[C@H](O)CO)c1)CC2. The molecule has 0 aliphatic carbocycles. The second-order valence-electron chi connectivity index (χ2n) is 9.42. The van der Waals surface area contributed by atoms with Gasteiger partial charge in [-0.05, 0) is 54.8 Å². The maximum Gasteiger partial charge on any atom is 0.253 e. The van der Waals surface area contributed by atoms with E-state index >= 15 is 0 Å². The van der Waals surface area contributed by atoms with Crippen molar-refractivity contribution in [2.45, 2.75) is 31.0 Å². The van der Waals surface area contributed by atoms with Crippen molar-refractivity contribution >= 4 is 38.7 Å².